The van der Waals surface area contributed by atoms with Crippen LogP contribution in [0.25, 0.3) is 0 Å². The maximum atomic E-state index is 11.8. The maximum Gasteiger partial charge on any atom is 2.00 e. The molecule has 0 heterocycles. The number of benzene rings is 4. The average molecular weight is 850 g/mol. The van der Waals surface area contributed by atoms with Gasteiger partial charge in [0, 0.05) is 29.0 Å². The molecule has 210 valence electrons. The molecule has 0 saturated carbocycles. The summed E-state index contributed by atoms with van der Waals surface area (Å²) in [6, 6.07) is 24.0. The number of carbonyl (C=O) groups excluding carboxylic acids is 2. The largest absolute Gasteiger partial charge is 2.00 e. The Morgan fingerprint density at radius 2 is 0.951 bits per heavy atom. The summed E-state index contributed by atoms with van der Waals surface area (Å²) in [6.07, 6.45) is 2.64. The van der Waals surface area contributed by atoms with Gasteiger partial charge in [0.05, 0.1) is 12.4 Å². The second kappa shape index (κ2) is 17.2. The Morgan fingerprint density at radius 1 is 0.610 bits per heavy atom. The van der Waals surface area contributed by atoms with E-state index in [1.165, 1.54) is 12.4 Å². The molecule has 2 N–H and O–H groups in total. The summed E-state index contributed by atoms with van der Waals surface area (Å²) >= 11 is 12.9. The first kappa shape index (κ1) is 34.4. The van der Waals surface area contributed by atoms with Gasteiger partial charge in [0.1, 0.15) is 0 Å². The van der Waals surface area contributed by atoms with Crippen LogP contribution < -0.4 is 21.1 Å². The van der Waals surface area contributed by atoms with Crippen molar-refractivity contribution in [1.29, 1.82) is 0 Å². The molecule has 0 bridgehead atoms. The van der Waals surface area contributed by atoms with Gasteiger partial charge >= 0.3 is 17.1 Å². The number of halogens is 4. The molecule has 0 spiro atoms. The Balaban J connectivity index is 0.000000280. The van der Waals surface area contributed by atoms with Crippen LogP contribution in [0.2, 0.25) is 0 Å². The topological polar surface area (TPSA) is 129 Å². The minimum atomic E-state index is -0.330. The van der Waals surface area contributed by atoms with Crippen LogP contribution in [0.3, 0.4) is 0 Å². The third-order valence-corrected chi connectivity index (χ3v) is 6.98. The van der Waals surface area contributed by atoms with Gasteiger partial charge in [-0.3, -0.25) is 9.59 Å². The van der Waals surface area contributed by atoms with Crippen LogP contribution in [0, 0.1) is 0 Å². The van der Waals surface area contributed by atoms with Crippen molar-refractivity contribution in [3.05, 3.63) is 125 Å². The first-order valence-electron chi connectivity index (χ1n) is 11.2. The zero-order valence-corrected chi connectivity index (χ0v) is 28.1. The van der Waals surface area contributed by atoms with Crippen LogP contribution in [-0.4, -0.2) is 24.2 Å². The molecule has 0 aliphatic carbocycles. The summed E-state index contributed by atoms with van der Waals surface area (Å²) < 4.78 is 2.37. The van der Waals surface area contributed by atoms with Crippen molar-refractivity contribution in [2.24, 2.45) is 10.2 Å². The normalized spacial score (nSPS) is 10.4. The fraction of sp³-hybridized carbons (Fsp3) is 0. The average Bonchev–Trinajstić information content (AvgIpc) is 2.95. The zero-order valence-electron chi connectivity index (χ0n) is 20.6. The van der Waals surface area contributed by atoms with E-state index in [2.05, 4.69) is 84.8 Å². The molecule has 41 heavy (non-hydrogen) atoms. The minimum Gasteiger partial charge on any atom is -0.871 e. The third-order valence-electron chi connectivity index (χ3n) is 4.89. The molecule has 4 aromatic carbocycles. The minimum absolute atomic E-state index is 0. The summed E-state index contributed by atoms with van der Waals surface area (Å²) in [6.45, 7) is 0. The van der Waals surface area contributed by atoms with E-state index in [0.29, 0.717) is 31.2 Å². The molecule has 2 amide bonds. The molecule has 0 aromatic heterocycles. The van der Waals surface area contributed by atoms with Gasteiger partial charge in [0.15, 0.2) is 0 Å². The summed E-state index contributed by atoms with van der Waals surface area (Å²) in [5.41, 5.74) is 6.50. The van der Waals surface area contributed by atoms with Gasteiger partial charge in [-0.2, -0.15) is 10.2 Å². The molecule has 0 atom stereocenters. The first-order chi connectivity index (χ1) is 19.2. The fourth-order valence-corrected chi connectivity index (χ4v) is 5.50. The molecular formula is C28H18Br4FeN4O4. The van der Waals surface area contributed by atoms with E-state index in [4.69, 9.17) is 0 Å². The van der Waals surface area contributed by atoms with Gasteiger partial charge in [0.2, 0.25) is 0 Å². The van der Waals surface area contributed by atoms with Crippen molar-refractivity contribution in [2.45, 2.75) is 0 Å². The van der Waals surface area contributed by atoms with E-state index in [0.717, 1.165) is 8.95 Å². The molecule has 4 rings (SSSR count). The Labute approximate surface area is 280 Å². The SMILES string of the molecule is O=C(N/N=C\c1cc(Br)cc(Br)c1[O-])c1ccccc1.O=C(N/N=C\c1cc(Br)cc(Br)c1[O-])c1ccccc1.[Fe+2]. The molecular weight excluding hydrogens is 832 g/mol. The van der Waals surface area contributed by atoms with Crippen LogP contribution >= 0.6 is 63.7 Å². The van der Waals surface area contributed by atoms with Gasteiger partial charge in [-0.25, -0.2) is 10.9 Å². The molecule has 4 aromatic rings. The quantitative estimate of drug-likeness (QED) is 0.138. The maximum absolute atomic E-state index is 11.8. The molecule has 0 radical (unpaired) electrons. The molecule has 13 heteroatoms. The van der Waals surface area contributed by atoms with E-state index < -0.39 is 0 Å². The van der Waals surface area contributed by atoms with Gasteiger partial charge in [-0.15, -0.1) is 0 Å². The van der Waals surface area contributed by atoms with Crippen molar-refractivity contribution >= 4 is 88.0 Å². The number of hydrogen-bond donors (Lipinski definition) is 2. The summed E-state index contributed by atoms with van der Waals surface area (Å²) in [4.78, 5) is 23.5. The molecule has 0 aliphatic rings. The Hall–Kier alpha value is -2.80. The number of nitrogens with one attached hydrogen (secondary N) is 2. The second-order valence-electron chi connectivity index (χ2n) is 7.74. The standard InChI is InChI=1S/2C14H10Br2N2O2.Fe/c2*15-11-6-10(13(19)12(16)7-11)8-17-18-14(20)9-4-2-1-3-5-9;/h2*1-8,19H,(H,18,20);/q;;+2/p-2/b2*17-8-;. The monoisotopic (exact) mass is 846 g/mol. The molecule has 0 fully saturated rings. The number of hydrazone groups is 2. The summed E-state index contributed by atoms with van der Waals surface area (Å²) in [7, 11) is 0. The van der Waals surface area contributed by atoms with Crippen LogP contribution in [0.15, 0.2) is 113 Å². The van der Waals surface area contributed by atoms with Gasteiger partial charge in [-0.05, 0) is 59.7 Å². The number of rotatable bonds is 6. The molecule has 0 unspecified atom stereocenters. The molecule has 0 saturated heterocycles. The van der Waals surface area contributed by atoms with Gasteiger partial charge in [0.25, 0.3) is 11.8 Å². The van der Waals surface area contributed by atoms with Crippen molar-refractivity contribution < 1.29 is 36.9 Å². The first-order valence-corrected chi connectivity index (χ1v) is 14.4. The Kier molecular flexibility index (Phi) is 14.5. The van der Waals surface area contributed by atoms with Gasteiger partial charge in [-0.1, -0.05) is 112 Å². The zero-order chi connectivity index (χ0) is 29.1. The van der Waals surface area contributed by atoms with Crippen molar-refractivity contribution in [1.82, 2.24) is 10.9 Å². The Bertz CT molecular complexity index is 1440. The van der Waals surface area contributed by atoms with E-state index in [1.807, 2.05) is 12.1 Å². The van der Waals surface area contributed by atoms with Crippen molar-refractivity contribution in [2.75, 3.05) is 0 Å². The van der Waals surface area contributed by atoms with Crippen LogP contribution in [0.4, 0.5) is 0 Å². The number of amides is 2. The summed E-state index contributed by atoms with van der Waals surface area (Å²) in [5.74, 6) is -1.04. The van der Waals surface area contributed by atoms with Crippen LogP contribution in [0.1, 0.15) is 31.8 Å². The summed E-state index contributed by atoms with van der Waals surface area (Å²) in [5, 5.41) is 31.2. The Morgan fingerprint density at radius 3 is 1.29 bits per heavy atom. The van der Waals surface area contributed by atoms with E-state index in [1.54, 1.807) is 72.8 Å². The predicted octanol–water partition coefficient (Wildman–Crippen LogP) is 6.10. The third kappa shape index (κ3) is 10.8. The van der Waals surface area contributed by atoms with Crippen LogP contribution in [0.5, 0.6) is 11.5 Å². The fourth-order valence-electron chi connectivity index (χ4n) is 2.98. The van der Waals surface area contributed by atoms with E-state index >= 15 is 0 Å². The smallest absolute Gasteiger partial charge is 0.871 e. The number of nitrogens with zero attached hydrogens (tertiary/aromatic N) is 2. The number of carbonyl (C=O) groups is 2. The number of hydrogen-bond acceptors (Lipinski definition) is 6. The van der Waals surface area contributed by atoms with Crippen molar-refractivity contribution in [3.8, 4) is 11.5 Å². The van der Waals surface area contributed by atoms with E-state index in [9.17, 15) is 19.8 Å². The molecule has 0 aliphatic heterocycles. The van der Waals surface area contributed by atoms with E-state index in [-0.39, 0.29) is 40.4 Å². The van der Waals surface area contributed by atoms with Crippen molar-refractivity contribution in [3.63, 3.8) is 0 Å². The van der Waals surface area contributed by atoms with Crippen LogP contribution in [-0.2, 0) is 17.1 Å². The van der Waals surface area contributed by atoms with Gasteiger partial charge < -0.3 is 10.2 Å². The second-order valence-corrected chi connectivity index (χ2v) is 11.3. The predicted molar refractivity (Wildman–Crippen MR) is 166 cm³/mol. The molecule has 8 nitrogen and oxygen atoms in total.